The third kappa shape index (κ3) is 4.01. The van der Waals surface area contributed by atoms with Crippen molar-refractivity contribution in [1.82, 2.24) is 20.2 Å². The van der Waals surface area contributed by atoms with Crippen LogP contribution in [0.15, 0.2) is 6.33 Å². The molecule has 0 aliphatic carbocycles. The lowest BCUT2D eigenvalue weighted by molar-refractivity contribution is -0.126. The van der Waals surface area contributed by atoms with Gasteiger partial charge in [0.15, 0.2) is 0 Å². The number of thiophene rings is 1. The first-order chi connectivity index (χ1) is 13.5. The summed E-state index contributed by atoms with van der Waals surface area (Å²) < 4.78 is 0. The summed E-state index contributed by atoms with van der Waals surface area (Å²) in [5, 5.41) is 4.44. The number of piperidine rings is 1. The van der Waals surface area contributed by atoms with Gasteiger partial charge in [-0.1, -0.05) is 0 Å². The standard InChI is InChI=1S/C21H31N5OS/c1-14(12-25-8-4-5-9-25)24-20(27)17-6-10-26(11-7-17)19-18-15(2)16(3)28-21(18)23-13-22-19/h13-14,17H,4-12H2,1-3H3,(H,24,27)/t14-/m0/s1. The highest BCUT2D eigenvalue weighted by molar-refractivity contribution is 7.18. The van der Waals surface area contributed by atoms with Crippen molar-refractivity contribution in [3.8, 4) is 0 Å². The highest BCUT2D eigenvalue weighted by Crippen LogP contribution is 2.35. The molecule has 1 atom stereocenters. The number of carbonyl (C=O) groups is 1. The number of aromatic nitrogens is 2. The van der Waals surface area contributed by atoms with Crippen LogP contribution in [0.5, 0.6) is 0 Å². The minimum Gasteiger partial charge on any atom is -0.356 e. The van der Waals surface area contributed by atoms with E-state index in [9.17, 15) is 4.79 Å². The van der Waals surface area contributed by atoms with E-state index in [1.165, 1.54) is 41.8 Å². The molecule has 0 aromatic carbocycles. The maximum Gasteiger partial charge on any atom is 0.223 e. The number of carbonyl (C=O) groups excluding carboxylic acids is 1. The van der Waals surface area contributed by atoms with Gasteiger partial charge in [-0.3, -0.25) is 4.79 Å². The summed E-state index contributed by atoms with van der Waals surface area (Å²) >= 11 is 1.74. The third-order valence-corrected chi connectivity index (χ3v) is 7.35. The molecule has 1 N–H and O–H groups in total. The van der Waals surface area contributed by atoms with Gasteiger partial charge in [0.1, 0.15) is 17.0 Å². The van der Waals surface area contributed by atoms with E-state index < -0.39 is 0 Å². The summed E-state index contributed by atoms with van der Waals surface area (Å²) in [5.41, 5.74) is 1.28. The Morgan fingerprint density at radius 1 is 1.21 bits per heavy atom. The molecule has 0 unspecified atom stereocenters. The van der Waals surface area contributed by atoms with Gasteiger partial charge in [-0.15, -0.1) is 11.3 Å². The van der Waals surface area contributed by atoms with Gasteiger partial charge < -0.3 is 15.1 Å². The normalized spacial score (nSPS) is 20.0. The minimum absolute atomic E-state index is 0.111. The Kier molecular flexibility index (Phi) is 5.83. The molecule has 2 saturated heterocycles. The van der Waals surface area contributed by atoms with Crippen LogP contribution in [0, 0.1) is 19.8 Å². The number of aryl methyl sites for hydroxylation is 2. The Labute approximate surface area is 171 Å². The van der Waals surface area contributed by atoms with E-state index in [2.05, 4.69) is 45.9 Å². The van der Waals surface area contributed by atoms with Gasteiger partial charge in [0.2, 0.25) is 5.91 Å². The molecule has 2 aliphatic rings. The largest absolute Gasteiger partial charge is 0.356 e. The molecule has 0 saturated carbocycles. The molecule has 2 aliphatic heterocycles. The zero-order chi connectivity index (χ0) is 19.7. The topological polar surface area (TPSA) is 61.4 Å². The summed E-state index contributed by atoms with van der Waals surface area (Å²) in [6.45, 7) is 11.5. The van der Waals surface area contributed by atoms with Crippen LogP contribution in [-0.4, -0.2) is 59.5 Å². The van der Waals surface area contributed by atoms with Crippen LogP contribution in [-0.2, 0) is 4.79 Å². The highest BCUT2D eigenvalue weighted by atomic mass is 32.1. The first kappa shape index (κ1) is 19.6. The fourth-order valence-corrected chi connectivity index (χ4v) is 5.51. The molecule has 2 fully saturated rings. The fraction of sp³-hybridized carbons (Fsp3) is 0.667. The second-order valence-corrected chi connectivity index (χ2v) is 9.54. The SMILES string of the molecule is Cc1sc2ncnc(N3CCC(C(=O)N[C@@H](C)CN4CCCC4)CC3)c2c1C. The highest BCUT2D eigenvalue weighted by Gasteiger charge is 2.28. The summed E-state index contributed by atoms with van der Waals surface area (Å²) in [5.74, 6) is 1.37. The van der Waals surface area contributed by atoms with Crippen LogP contribution in [0.4, 0.5) is 5.82 Å². The van der Waals surface area contributed by atoms with Crippen LogP contribution in [0.3, 0.4) is 0 Å². The smallest absolute Gasteiger partial charge is 0.223 e. The minimum atomic E-state index is 0.111. The maximum absolute atomic E-state index is 12.7. The van der Waals surface area contributed by atoms with Gasteiger partial charge in [-0.25, -0.2) is 9.97 Å². The summed E-state index contributed by atoms with van der Waals surface area (Å²) in [4.78, 5) is 28.9. The number of nitrogens with one attached hydrogen (secondary N) is 1. The van der Waals surface area contributed by atoms with E-state index in [0.29, 0.717) is 0 Å². The van der Waals surface area contributed by atoms with Crippen LogP contribution in [0.25, 0.3) is 10.2 Å². The predicted molar refractivity (Wildman–Crippen MR) is 115 cm³/mol. The Morgan fingerprint density at radius 3 is 2.64 bits per heavy atom. The Hall–Kier alpha value is -1.73. The molecule has 0 bridgehead atoms. The fourth-order valence-electron chi connectivity index (χ4n) is 4.52. The van der Waals surface area contributed by atoms with Gasteiger partial charge >= 0.3 is 0 Å². The average molecular weight is 402 g/mol. The van der Waals surface area contributed by atoms with Gasteiger partial charge in [0.25, 0.3) is 0 Å². The van der Waals surface area contributed by atoms with E-state index in [1.54, 1.807) is 17.7 Å². The lowest BCUT2D eigenvalue weighted by Gasteiger charge is -2.33. The molecule has 2 aromatic rings. The number of hydrogen-bond donors (Lipinski definition) is 1. The molecule has 2 aromatic heterocycles. The van der Waals surface area contributed by atoms with E-state index in [-0.39, 0.29) is 17.9 Å². The van der Waals surface area contributed by atoms with Crippen LogP contribution >= 0.6 is 11.3 Å². The van der Waals surface area contributed by atoms with Crippen molar-refractivity contribution in [2.75, 3.05) is 37.6 Å². The molecule has 4 rings (SSSR count). The van der Waals surface area contributed by atoms with Crippen molar-refractivity contribution in [1.29, 1.82) is 0 Å². The molecule has 1 amide bonds. The van der Waals surface area contributed by atoms with Crippen LogP contribution in [0.2, 0.25) is 0 Å². The molecule has 4 heterocycles. The molecule has 6 nitrogen and oxygen atoms in total. The van der Waals surface area contributed by atoms with Gasteiger partial charge in [0.05, 0.1) is 5.39 Å². The lowest BCUT2D eigenvalue weighted by Crippen LogP contribution is -2.46. The van der Waals surface area contributed by atoms with Crippen molar-refractivity contribution in [2.45, 2.75) is 52.5 Å². The van der Waals surface area contributed by atoms with Crippen molar-refractivity contribution >= 4 is 33.3 Å². The number of hydrogen-bond acceptors (Lipinski definition) is 6. The Morgan fingerprint density at radius 2 is 1.93 bits per heavy atom. The van der Waals surface area contributed by atoms with Crippen molar-refractivity contribution in [3.63, 3.8) is 0 Å². The van der Waals surface area contributed by atoms with Gasteiger partial charge in [-0.2, -0.15) is 0 Å². The van der Waals surface area contributed by atoms with Crippen LogP contribution < -0.4 is 10.2 Å². The molecule has 0 radical (unpaired) electrons. The summed E-state index contributed by atoms with van der Waals surface area (Å²) in [7, 11) is 0. The van der Waals surface area contributed by atoms with E-state index >= 15 is 0 Å². The van der Waals surface area contributed by atoms with Crippen molar-refractivity contribution < 1.29 is 4.79 Å². The Bertz CT molecular complexity index is 837. The molecular weight excluding hydrogens is 370 g/mol. The number of nitrogens with zero attached hydrogens (tertiary/aromatic N) is 4. The third-order valence-electron chi connectivity index (χ3n) is 6.23. The first-order valence-corrected chi connectivity index (χ1v) is 11.3. The molecule has 28 heavy (non-hydrogen) atoms. The maximum atomic E-state index is 12.7. The predicted octanol–water partition coefficient (Wildman–Crippen LogP) is 3.13. The zero-order valence-electron chi connectivity index (χ0n) is 17.2. The molecule has 7 heteroatoms. The summed E-state index contributed by atoms with van der Waals surface area (Å²) in [6.07, 6.45) is 6.02. The van der Waals surface area contributed by atoms with Crippen molar-refractivity contribution in [2.24, 2.45) is 5.92 Å². The molecular formula is C21H31N5OS. The number of fused-ring (bicyclic) bond motifs is 1. The second-order valence-electron chi connectivity index (χ2n) is 8.34. The molecule has 152 valence electrons. The monoisotopic (exact) mass is 401 g/mol. The molecule has 0 spiro atoms. The number of anilines is 1. The zero-order valence-corrected chi connectivity index (χ0v) is 18.0. The number of amides is 1. The van der Waals surface area contributed by atoms with Crippen LogP contribution in [0.1, 0.15) is 43.0 Å². The van der Waals surface area contributed by atoms with E-state index in [4.69, 9.17) is 0 Å². The van der Waals surface area contributed by atoms with E-state index in [0.717, 1.165) is 43.1 Å². The number of rotatable bonds is 5. The van der Waals surface area contributed by atoms with Gasteiger partial charge in [-0.05, 0) is 65.1 Å². The number of likely N-dealkylation sites (tertiary alicyclic amines) is 1. The summed E-state index contributed by atoms with van der Waals surface area (Å²) in [6, 6.07) is 0.224. The second kappa shape index (κ2) is 8.33. The van der Waals surface area contributed by atoms with Gasteiger partial charge in [0, 0.05) is 36.5 Å². The quantitative estimate of drug-likeness (QED) is 0.834. The van der Waals surface area contributed by atoms with Crippen molar-refractivity contribution in [3.05, 3.63) is 16.8 Å². The van der Waals surface area contributed by atoms with E-state index in [1.807, 2.05) is 0 Å². The lowest BCUT2D eigenvalue weighted by atomic mass is 9.95. The average Bonchev–Trinajstić information content (AvgIpc) is 3.30. The Balaban J connectivity index is 1.35. The first-order valence-electron chi connectivity index (χ1n) is 10.5.